The van der Waals surface area contributed by atoms with Crippen molar-refractivity contribution in [1.29, 1.82) is 0 Å². The van der Waals surface area contributed by atoms with Crippen molar-refractivity contribution in [3.63, 3.8) is 0 Å². The van der Waals surface area contributed by atoms with Crippen LogP contribution in [0.1, 0.15) is 37.8 Å². The number of hydrogen-bond donors (Lipinski definition) is 1. The molecule has 0 fully saturated rings. The Balaban J connectivity index is 1.88. The summed E-state index contributed by atoms with van der Waals surface area (Å²) in [7, 11) is -3.66. The number of benzene rings is 3. The molecule has 2 amide bonds. The molecule has 10 heteroatoms. The number of sulfonamides is 1. The normalized spacial score (nSPS) is 11.9. The number of para-hydroxylation sites is 2. The van der Waals surface area contributed by atoms with E-state index in [2.05, 4.69) is 5.32 Å². The van der Waals surface area contributed by atoms with Crippen LogP contribution in [0.15, 0.2) is 78.9 Å². The van der Waals surface area contributed by atoms with Crippen molar-refractivity contribution < 1.29 is 22.7 Å². The van der Waals surface area contributed by atoms with Crippen LogP contribution in [0.3, 0.4) is 0 Å². The van der Waals surface area contributed by atoms with Gasteiger partial charge in [0.25, 0.3) is 0 Å². The first-order valence-corrected chi connectivity index (χ1v) is 15.9. The summed E-state index contributed by atoms with van der Waals surface area (Å²) in [5, 5.41) is 3.40. The molecule has 0 bridgehead atoms. The van der Waals surface area contributed by atoms with Crippen LogP contribution in [0.5, 0.6) is 5.75 Å². The van der Waals surface area contributed by atoms with Crippen LogP contribution < -0.4 is 14.4 Å². The summed E-state index contributed by atoms with van der Waals surface area (Å²) in [4.78, 5) is 28.7. The first-order chi connectivity index (χ1) is 19.6. The number of nitrogens with one attached hydrogen (secondary N) is 1. The van der Waals surface area contributed by atoms with Crippen LogP contribution >= 0.6 is 11.6 Å². The average molecular weight is 600 g/mol. The maximum absolute atomic E-state index is 13.8. The Hall–Kier alpha value is -3.56. The highest BCUT2D eigenvalue weighted by Gasteiger charge is 2.30. The molecule has 0 spiro atoms. The van der Waals surface area contributed by atoms with Gasteiger partial charge in [-0.2, -0.15) is 0 Å². The number of hydrogen-bond acceptors (Lipinski definition) is 5. The Labute approximate surface area is 248 Å². The van der Waals surface area contributed by atoms with Gasteiger partial charge >= 0.3 is 0 Å². The lowest BCUT2D eigenvalue weighted by Gasteiger charge is -2.32. The van der Waals surface area contributed by atoms with E-state index in [1.54, 1.807) is 47.4 Å². The third kappa shape index (κ3) is 9.50. The molecular weight excluding hydrogens is 562 g/mol. The van der Waals surface area contributed by atoms with Crippen molar-refractivity contribution in [2.24, 2.45) is 0 Å². The SMILES string of the molecule is CCNC(=O)C(Cc1ccccc1)N(Cc1cccc(Cl)c1)C(=O)CCCN(c1ccccc1OCC)S(C)(=O)=O. The molecule has 0 aromatic heterocycles. The van der Waals surface area contributed by atoms with Crippen molar-refractivity contribution >= 4 is 39.1 Å². The molecule has 1 N–H and O–H groups in total. The molecule has 220 valence electrons. The van der Waals surface area contributed by atoms with E-state index in [4.69, 9.17) is 16.3 Å². The molecule has 41 heavy (non-hydrogen) atoms. The smallest absolute Gasteiger partial charge is 0.243 e. The van der Waals surface area contributed by atoms with Crippen LogP contribution in [-0.4, -0.2) is 57.1 Å². The van der Waals surface area contributed by atoms with E-state index >= 15 is 0 Å². The standard InChI is InChI=1S/C31H38ClN3O5S/c1-4-33-31(37)28(22-24-13-7-6-8-14-24)34(23-25-15-11-16-26(32)21-25)30(36)19-12-20-35(41(3,38)39)27-17-9-10-18-29(27)40-5-2/h6-11,13-18,21,28H,4-5,12,19-20,22-23H2,1-3H3,(H,33,37). The van der Waals surface area contributed by atoms with E-state index in [1.165, 1.54) is 4.31 Å². The van der Waals surface area contributed by atoms with Crippen LogP contribution in [0.4, 0.5) is 5.69 Å². The number of ether oxygens (including phenoxy) is 1. The predicted octanol–water partition coefficient (Wildman–Crippen LogP) is 5.06. The third-order valence-electron chi connectivity index (χ3n) is 6.45. The molecule has 0 aliphatic heterocycles. The number of anilines is 1. The van der Waals surface area contributed by atoms with Crippen molar-refractivity contribution in [2.45, 2.75) is 45.7 Å². The zero-order valence-corrected chi connectivity index (χ0v) is 25.3. The fourth-order valence-electron chi connectivity index (χ4n) is 4.60. The zero-order valence-electron chi connectivity index (χ0n) is 23.8. The lowest BCUT2D eigenvalue weighted by Crippen LogP contribution is -2.50. The Morgan fingerprint density at radius 2 is 1.63 bits per heavy atom. The highest BCUT2D eigenvalue weighted by atomic mass is 35.5. The largest absolute Gasteiger partial charge is 0.492 e. The summed E-state index contributed by atoms with van der Waals surface area (Å²) >= 11 is 6.23. The summed E-state index contributed by atoms with van der Waals surface area (Å²) in [6, 6.07) is 22.9. The fourth-order valence-corrected chi connectivity index (χ4v) is 5.78. The summed E-state index contributed by atoms with van der Waals surface area (Å²) in [5.74, 6) is -0.0627. The molecule has 0 aliphatic rings. The number of amides is 2. The van der Waals surface area contributed by atoms with Crippen molar-refractivity contribution in [2.75, 3.05) is 30.3 Å². The number of halogens is 1. The Kier molecular flexibility index (Phi) is 12.0. The molecule has 0 radical (unpaired) electrons. The van der Waals surface area contributed by atoms with E-state index in [0.29, 0.717) is 36.0 Å². The van der Waals surface area contributed by atoms with Gasteiger partial charge in [0, 0.05) is 37.5 Å². The number of likely N-dealkylation sites (N-methyl/N-ethyl adjacent to an activating group) is 1. The van der Waals surface area contributed by atoms with Gasteiger partial charge in [0.05, 0.1) is 18.6 Å². The molecule has 0 saturated carbocycles. The highest BCUT2D eigenvalue weighted by Crippen LogP contribution is 2.30. The lowest BCUT2D eigenvalue weighted by atomic mass is 10.0. The maximum Gasteiger partial charge on any atom is 0.243 e. The number of rotatable bonds is 15. The number of carbonyl (C=O) groups excluding carboxylic acids is 2. The number of carbonyl (C=O) groups is 2. The average Bonchev–Trinajstić information content (AvgIpc) is 2.93. The zero-order chi connectivity index (χ0) is 29.8. The molecule has 1 unspecified atom stereocenters. The summed E-state index contributed by atoms with van der Waals surface area (Å²) in [5.41, 5.74) is 2.13. The first-order valence-electron chi connectivity index (χ1n) is 13.7. The van der Waals surface area contributed by atoms with Crippen molar-refractivity contribution in [3.05, 3.63) is 95.0 Å². The van der Waals surface area contributed by atoms with E-state index in [0.717, 1.165) is 17.4 Å². The van der Waals surface area contributed by atoms with Gasteiger partial charge in [-0.3, -0.25) is 13.9 Å². The van der Waals surface area contributed by atoms with Gasteiger partial charge in [0.1, 0.15) is 11.8 Å². The second-order valence-corrected chi connectivity index (χ2v) is 11.9. The maximum atomic E-state index is 13.8. The Morgan fingerprint density at radius 3 is 2.29 bits per heavy atom. The molecule has 3 aromatic carbocycles. The lowest BCUT2D eigenvalue weighted by molar-refractivity contribution is -0.141. The van der Waals surface area contributed by atoms with E-state index < -0.39 is 16.1 Å². The first kappa shape index (κ1) is 32.0. The van der Waals surface area contributed by atoms with Gasteiger partial charge < -0.3 is 15.0 Å². The van der Waals surface area contributed by atoms with E-state index in [-0.39, 0.29) is 37.7 Å². The minimum atomic E-state index is -3.66. The second kappa shape index (κ2) is 15.4. The van der Waals surface area contributed by atoms with E-state index in [9.17, 15) is 18.0 Å². The van der Waals surface area contributed by atoms with Gasteiger partial charge in [-0.25, -0.2) is 8.42 Å². The Morgan fingerprint density at radius 1 is 0.951 bits per heavy atom. The molecule has 3 rings (SSSR count). The van der Waals surface area contributed by atoms with Gasteiger partial charge in [-0.1, -0.05) is 66.2 Å². The van der Waals surface area contributed by atoms with Gasteiger partial charge in [-0.05, 0) is 55.7 Å². The summed E-state index contributed by atoms with van der Waals surface area (Å²) < 4.78 is 32.4. The Bertz CT molecular complexity index is 1400. The van der Waals surface area contributed by atoms with Crippen LogP contribution in [0.25, 0.3) is 0 Å². The van der Waals surface area contributed by atoms with E-state index in [1.807, 2.05) is 50.2 Å². The van der Waals surface area contributed by atoms with Crippen LogP contribution in [0, 0.1) is 0 Å². The van der Waals surface area contributed by atoms with Crippen molar-refractivity contribution in [3.8, 4) is 5.75 Å². The fraction of sp³-hybridized carbons (Fsp3) is 0.355. The van der Waals surface area contributed by atoms with Gasteiger partial charge in [-0.15, -0.1) is 0 Å². The molecule has 0 aliphatic carbocycles. The monoisotopic (exact) mass is 599 g/mol. The van der Waals surface area contributed by atoms with Crippen molar-refractivity contribution in [1.82, 2.24) is 10.2 Å². The molecule has 8 nitrogen and oxygen atoms in total. The third-order valence-corrected chi connectivity index (χ3v) is 7.87. The molecule has 0 heterocycles. The highest BCUT2D eigenvalue weighted by molar-refractivity contribution is 7.92. The minimum absolute atomic E-state index is 0.0358. The topological polar surface area (TPSA) is 96.0 Å². The second-order valence-electron chi connectivity index (χ2n) is 9.59. The summed E-state index contributed by atoms with van der Waals surface area (Å²) in [6.07, 6.45) is 1.74. The summed E-state index contributed by atoms with van der Waals surface area (Å²) in [6.45, 7) is 4.72. The van der Waals surface area contributed by atoms with Gasteiger partial charge in [0.15, 0.2) is 0 Å². The van der Waals surface area contributed by atoms with Crippen LogP contribution in [0.2, 0.25) is 5.02 Å². The molecule has 0 saturated heterocycles. The van der Waals surface area contributed by atoms with Crippen LogP contribution in [-0.2, 0) is 32.6 Å². The molecule has 1 atom stereocenters. The minimum Gasteiger partial charge on any atom is -0.492 e. The molecule has 3 aromatic rings. The predicted molar refractivity (Wildman–Crippen MR) is 164 cm³/mol. The number of nitrogens with zero attached hydrogens (tertiary/aromatic N) is 2. The molecular formula is C31H38ClN3O5S. The quantitative estimate of drug-likeness (QED) is 0.263. The van der Waals surface area contributed by atoms with Gasteiger partial charge in [0.2, 0.25) is 21.8 Å².